The van der Waals surface area contributed by atoms with E-state index in [2.05, 4.69) is 10.1 Å². The summed E-state index contributed by atoms with van der Waals surface area (Å²) in [5, 5.41) is 3.19. The number of aryl methyl sites for hydroxylation is 2. The Bertz CT molecular complexity index is 695. The average molecular weight is 284 g/mol. The zero-order valence-electron chi connectivity index (χ0n) is 10.6. The maximum atomic E-state index is 13.5. The first-order valence-electron chi connectivity index (χ1n) is 5.73. The van der Waals surface area contributed by atoms with Crippen LogP contribution in [0.25, 0.3) is 0 Å². The second kappa shape index (κ2) is 5.08. The molecule has 0 aromatic carbocycles. The lowest BCUT2D eigenvalue weighted by Gasteiger charge is -2.04. The quantitative estimate of drug-likeness (QED) is 0.859. The zero-order valence-corrected chi connectivity index (χ0v) is 11.4. The summed E-state index contributed by atoms with van der Waals surface area (Å²) in [7, 11) is -3.86. The lowest BCUT2D eigenvalue weighted by atomic mass is 10.2. The fraction of sp³-hybridized carbons (Fsp3) is 0.333. The summed E-state index contributed by atoms with van der Waals surface area (Å²) >= 11 is 0. The summed E-state index contributed by atoms with van der Waals surface area (Å²) in [6.07, 6.45) is 1.77. The van der Waals surface area contributed by atoms with E-state index in [4.69, 9.17) is 4.52 Å². The highest BCUT2D eigenvalue weighted by molar-refractivity contribution is 7.90. The summed E-state index contributed by atoms with van der Waals surface area (Å²) < 4.78 is 42.9. The van der Waals surface area contributed by atoms with Gasteiger partial charge in [-0.05, 0) is 19.1 Å². The summed E-state index contributed by atoms with van der Waals surface area (Å²) in [6.45, 7) is 3.49. The molecule has 2 aromatic rings. The third kappa shape index (κ3) is 2.65. The molecule has 19 heavy (non-hydrogen) atoms. The van der Waals surface area contributed by atoms with E-state index in [0.29, 0.717) is 23.4 Å². The van der Waals surface area contributed by atoms with E-state index in [1.54, 1.807) is 6.92 Å². The SMILES string of the molecule is CCc1onc(C)c1CS(=O)(=O)c1ncccc1F. The van der Waals surface area contributed by atoms with Crippen molar-refractivity contribution >= 4 is 9.84 Å². The molecular weight excluding hydrogens is 271 g/mol. The van der Waals surface area contributed by atoms with Gasteiger partial charge in [0.05, 0.1) is 11.4 Å². The fourth-order valence-corrected chi connectivity index (χ4v) is 3.23. The second-order valence-corrected chi connectivity index (χ2v) is 5.98. The summed E-state index contributed by atoms with van der Waals surface area (Å²) in [5.74, 6) is -0.716. The molecule has 102 valence electrons. The molecule has 0 saturated carbocycles. The van der Waals surface area contributed by atoms with Crippen molar-refractivity contribution in [2.45, 2.75) is 31.0 Å². The van der Waals surface area contributed by atoms with E-state index < -0.39 is 20.7 Å². The Labute approximate surface area is 110 Å². The second-order valence-electron chi connectivity index (χ2n) is 4.07. The van der Waals surface area contributed by atoms with Crippen LogP contribution < -0.4 is 0 Å². The number of sulfone groups is 1. The van der Waals surface area contributed by atoms with Gasteiger partial charge in [-0.25, -0.2) is 17.8 Å². The number of nitrogens with zero attached hydrogens (tertiary/aromatic N) is 2. The molecule has 7 heteroatoms. The van der Waals surface area contributed by atoms with Gasteiger partial charge in [0.2, 0.25) is 9.84 Å². The Morgan fingerprint density at radius 3 is 2.79 bits per heavy atom. The summed E-state index contributed by atoms with van der Waals surface area (Å²) in [4.78, 5) is 3.60. The molecule has 0 radical (unpaired) electrons. The Hall–Kier alpha value is -1.76. The molecule has 0 N–H and O–H groups in total. The molecule has 2 heterocycles. The van der Waals surface area contributed by atoms with Crippen molar-refractivity contribution in [1.82, 2.24) is 10.1 Å². The predicted molar refractivity (Wildman–Crippen MR) is 65.7 cm³/mol. The molecule has 0 fully saturated rings. The maximum Gasteiger partial charge on any atom is 0.202 e. The highest BCUT2D eigenvalue weighted by atomic mass is 32.2. The van der Waals surface area contributed by atoms with E-state index in [1.165, 1.54) is 12.3 Å². The first-order chi connectivity index (χ1) is 8.95. The van der Waals surface area contributed by atoms with E-state index in [0.717, 1.165) is 6.07 Å². The first kappa shape index (κ1) is 13.7. The zero-order chi connectivity index (χ0) is 14.0. The van der Waals surface area contributed by atoms with Gasteiger partial charge in [0.15, 0.2) is 10.8 Å². The van der Waals surface area contributed by atoms with Gasteiger partial charge in [0.25, 0.3) is 0 Å². The molecule has 0 aliphatic carbocycles. The topological polar surface area (TPSA) is 73.1 Å². The van der Waals surface area contributed by atoms with E-state index in [1.807, 2.05) is 6.92 Å². The van der Waals surface area contributed by atoms with Gasteiger partial charge in [-0.2, -0.15) is 0 Å². The minimum Gasteiger partial charge on any atom is -0.361 e. The monoisotopic (exact) mass is 284 g/mol. The summed E-state index contributed by atoms with van der Waals surface area (Å²) in [5.41, 5.74) is 0.976. The number of rotatable bonds is 4. The first-order valence-corrected chi connectivity index (χ1v) is 7.38. The molecule has 0 aliphatic heterocycles. The van der Waals surface area contributed by atoms with Gasteiger partial charge >= 0.3 is 0 Å². The van der Waals surface area contributed by atoms with Crippen molar-refractivity contribution in [3.63, 3.8) is 0 Å². The normalized spacial score (nSPS) is 11.7. The average Bonchev–Trinajstić information content (AvgIpc) is 2.70. The van der Waals surface area contributed by atoms with Gasteiger partial charge < -0.3 is 4.52 Å². The largest absolute Gasteiger partial charge is 0.361 e. The number of hydrogen-bond acceptors (Lipinski definition) is 5. The van der Waals surface area contributed by atoms with Crippen LogP contribution >= 0.6 is 0 Å². The maximum absolute atomic E-state index is 13.5. The predicted octanol–water partition coefficient (Wildman–Crippen LogP) is 2.05. The van der Waals surface area contributed by atoms with Crippen LogP contribution in [-0.2, 0) is 22.0 Å². The molecule has 0 atom stereocenters. The Kier molecular flexibility index (Phi) is 3.66. The van der Waals surface area contributed by atoms with Crippen LogP contribution in [0.1, 0.15) is 23.9 Å². The summed E-state index contributed by atoms with van der Waals surface area (Å²) in [6, 6.07) is 2.41. The van der Waals surface area contributed by atoms with Gasteiger partial charge in [-0.3, -0.25) is 0 Å². The molecule has 0 unspecified atom stereocenters. The Morgan fingerprint density at radius 1 is 1.42 bits per heavy atom. The molecule has 0 amide bonds. The van der Waals surface area contributed by atoms with Gasteiger partial charge in [0, 0.05) is 18.2 Å². The fourth-order valence-electron chi connectivity index (χ4n) is 1.76. The van der Waals surface area contributed by atoms with Crippen LogP contribution in [0.3, 0.4) is 0 Å². The van der Waals surface area contributed by atoms with E-state index in [9.17, 15) is 12.8 Å². The lowest BCUT2D eigenvalue weighted by Crippen LogP contribution is -2.10. The highest BCUT2D eigenvalue weighted by Crippen LogP contribution is 2.22. The standard InChI is InChI=1S/C12H13FN2O3S/c1-3-11-9(8(2)15-18-11)7-19(16,17)12-10(13)5-4-6-14-12/h4-6H,3,7H2,1-2H3. The molecule has 0 aliphatic rings. The van der Waals surface area contributed by atoms with Crippen LogP contribution in [0.5, 0.6) is 0 Å². The van der Waals surface area contributed by atoms with Crippen LogP contribution in [0.4, 0.5) is 4.39 Å². The molecule has 5 nitrogen and oxygen atoms in total. The number of hydrogen-bond donors (Lipinski definition) is 0. The number of pyridine rings is 1. The Morgan fingerprint density at radius 2 is 2.16 bits per heavy atom. The smallest absolute Gasteiger partial charge is 0.202 e. The van der Waals surface area contributed by atoms with E-state index in [-0.39, 0.29) is 5.75 Å². The van der Waals surface area contributed by atoms with Crippen LogP contribution in [0.2, 0.25) is 0 Å². The number of halogens is 1. The van der Waals surface area contributed by atoms with Gasteiger partial charge in [0.1, 0.15) is 5.76 Å². The molecule has 2 aromatic heterocycles. The van der Waals surface area contributed by atoms with E-state index >= 15 is 0 Å². The minimum absolute atomic E-state index is 0.362. The van der Waals surface area contributed by atoms with Crippen molar-refractivity contribution in [2.75, 3.05) is 0 Å². The highest BCUT2D eigenvalue weighted by Gasteiger charge is 2.25. The third-order valence-corrected chi connectivity index (χ3v) is 4.30. The number of aromatic nitrogens is 2. The van der Waals surface area contributed by atoms with Crippen LogP contribution in [-0.4, -0.2) is 18.6 Å². The van der Waals surface area contributed by atoms with Crippen molar-refractivity contribution in [3.05, 3.63) is 41.2 Å². The molecule has 0 saturated heterocycles. The molecule has 0 spiro atoms. The van der Waals surface area contributed by atoms with Crippen LogP contribution in [0.15, 0.2) is 27.9 Å². The van der Waals surface area contributed by atoms with Gasteiger partial charge in [-0.15, -0.1) is 0 Å². The van der Waals surface area contributed by atoms with Crippen molar-refractivity contribution in [2.24, 2.45) is 0 Å². The molecule has 0 bridgehead atoms. The minimum atomic E-state index is -3.86. The lowest BCUT2D eigenvalue weighted by molar-refractivity contribution is 0.382. The third-order valence-electron chi connectivity index (χ3n) is 2.74. The van der Waals surface area contributed by atoms with Gasteiger partial charge in [-0.1, -0.05) is 12.1 Å². The van der Waals surface area contributed by atoms with Crippen molar-refractivity contribution in [3.8, 4) is 0 Å². The Balaban J connectivity index is 2.43. The van der Waals surface area contributed by atoms with Crippen LogP contribution in [0, 0.1) is 12.7 Å². The van der Waals surface area contributed by atoms with Crippen molar-refractivity contribution in [1.29, 1.82) is 0 Å². The molecular formula is C12H13FN2O3S. The molecule has 2 rings (SSSR count). The van der Waals surface area contributed by atoms with Crippen molar-refractivity contribution < 1.29 is 17.3 Å².